The summed E-state index contributed by atoms with van der Waals surface area (Å²) >= 11 is 0. The summed E-state index contributed by atoms with van der Waals surface area (Å²) in [6.07, 6.45) is 2.94. The van der Waals surface area contributed by atoms with Gasteiger partial charge in [0.1, 0.15) is 23.9 Å². The molecule has 1 fully saturated rings. The van der Waals surface area contributed by atoms with Crippen molar-refractivity contribution in [3.05, 3.63) is 83.2 Å². The molecule has 3 aromatic carbocycles. The van der Waals surface area contributed by atoms with Crippen LogP contribution in [0.1, 0.15) is 82.1 Å². The molecule has 0 amide bonds. The number of aliphatic hydroxyl groups excluding tert-OH is 1. The van der Waals surface area contributed by atoms with Crippen LogP contribution in [0, 0.1) is 17.2 Å². The van der Waals surface area contributed by atoms with Crippen LogP contribution in [0.2, 0.25) is 0 Å². The lowest BCUT2D eigenvalue weighted by atomic mass is 9.81. The monoisotopic (exact) mass is 548 g/mol. The molecule has 40 heavy (non-hydrogen) atoms. The van der Waals surface area contributed by atoms with E-state index in [2.05, 4.69) is 6.07 Å². The van der Waals surface area contributed by atoms with Gasteiger partial charge in [0.15, 0.2) is 0 Å². The van der Waals surface area contributed by atoms with Crippen molar-refractivity contribution in [2.75, 3.05) is 13.7 Å². The van der Waals surface area contributed by atoms with Gasteiger partial charge in [0.2, 0.25) is 0 Å². The second kappa shape index (κ2) is 12.9. The predicted octanol–water partition coefficient (Wildman–Crippen LogP) is 8.00. The van der Waals surface area contributed by atoms with Crippen LogP contribution < -0.4 is 9.47 Å². The molecule has 4 rings (SSSR count). The Hall–Kier alpha value is -3.38. The van der Waals surface area contributed by atoms with E-state index < -0.39 is 11.5 Å². The van der Waals surface area contributed by atoms with E-state index in [1.54, 1.807) is 19.2 Å². The molecular formula is C34H41FO5. The minimum absolute atomic E-state index is 0.0979. The van der Waals surface area contributed by atoms with Crippen molar-refractivity contribution < 1.29 is 28.5 Å². The zero-order chi connectivity index (χ0) is 28.9. The molecule has 5 nitrogen and oxygen atoms in total. The molecule has 0 aromatic heterocycles. The Morgan fingerprint density at radius 2 is 1.80 bits per heavy atom. The number of halogens is 1. The third-order valence-corrected chi connectivity index (χ3v) is 7.46. The van der Waals surface area contributed by atoms with Crippen LogP contribution in [-0.2, 0) is 16.1 Å². The average molecular weight is 549 g/mol. The number of benzene rings is 3. The van der Waals surface area contributed by atoms with E-state index in [1.807, 2.05) is 64.1 Å². The third-order valence-electron chi connectivity index (χ3n) is 7.46. The molecule has 1 saturated carbocycles. The second-order valence-electron chi connectivity index (χ2n) is 11.8. The smallest absolute Gasteiger partial charge is 0.306 e. The molecule has 0 bridgehead atoms. The van der Waals surface area contributed by atoms with E-state index in [0.717, 1.165) is 17.5 Å². The molecular weight excluding hydrogens is 507 g/mol. The maximum Gasteiger partial charge on any atom is 0.306 e. The third kappa shape index (κ3) is 7.63. The number of rotatable bonds is 12. The van der Waals surface area contributed by atoms with Gasteiger partial charge in [-0.1, -0.05) is 57.9 Å². The Morgan fingerprint density at radius 3 is 2.48 bits per heavy atom. The largest absolute Gasteiger partial charge is 0.497 e. The van der Waals surface area contributed by atoms with Crippen LogP contribution in [0.4, 0.5) is 4.39 Å². The molecule has 0 saturated heterocycles. The molecule has 0 aliphatic heterocycles. The Labute approximate surface area is 237 Å². The van der Waals surface area contributed by atoms with Crippen LogP contribution >= 0.6 is 0 Å². The van der Waals surface area contributed by atoms with Gasteiger partial charge in [-0.15, -0.1) is 0 Å². The van der Waals surface area contributed by atoms with Crippen molar-refractivity contribution in [2.24, 2.45) is 11.3 Å². The van der Waals surface area contributed by atoms with Crippen LogP contribution in [-0.4, -0.2) is 24.8 Å². The fourth-order valence-electron chi connectivity index (χ4n) is 5.02. The molecule has 1 N–H and O–H groups in total. The van der Waals surface area contributed by atoms with Crippen molar-refractivity contribution in [2.45, 2.75) is 72.0 Å². The zero-order valence-electron chi connectivity index (χ0n) is 24.2. The standard InChI is InChI=1S/C34H41FO5/c1-6-39-32(36)19-25(16-22-10-11-22)24-8-7-9-27(18-24)40-21-23-12-14-28(30(17-23)33(37)34(2,3)4)29-20-26(38-5)13-15-31(29)35/h7-9,12-15,17-18,20,22,25,33,37H,6,10-11,16,19,21H2,1-5H3. The summed E-state index contributed by atoms with van der Waals surface area (Å²) in [6.45, 7) is 8.34. The minimum atomic E-state index is -0.831. The fraction of sp³-hybridized carbons (Fsp3) is 0.441. The molecule has 214 valence electrons. The minimum Gasteiger partial charge on any atom is -0.497 e. The molecule has 0 heterocycles. The van der Waals surface area contributed by atoms with Crippen molar-refractivity contribution in [1.29, 1.82) is 0 Å². The number of carbonyl (C=O) groups is 1. The number of carbonyl (C=O) groups excluding carboxylic acids is 1. The van der Waals surface area contributed by atoms with Crippen molar-refractivity contribution >= 4 is 5.97 Å². The van der Waals surface area contributed by atoms with Crippen molar-refractivity contribution in [3.8, 4) is 22.6 Å². The molecule has 2 atom stereocenters. The van der Waals surface area contributed by atoms with E-state index in [1.165, 1.54) is 18.9 Å². The van der Waals surface area contributed by atoms with Crippen LogP contribution in [0.3, 0.4) is 0 Å². The van der Waals surface area contributed by atoms with E-state index in [0.29, 0.717) is 47.1 Å². The molecule has 1 aliphatic rings. The number of aliphatic hydroxyl groups is 1. The molecule has 0 spiro atoms. The van der Waals surface area contributed by atoms with Gasteiger partial charge in [0, 0.05) is 5.56 Å². The SMILES string of the molecule is CCOC(=O)CC(CC1CC1)c1cccc(OCc2ccc(-c3cc(OC)ccc3F)c(C(O)C(C)(C)C)c2)c1. The van der Waals surface area contributed by atoms with Gasteiger partial charge in [-0.2, -0.15) is 0 Å². The highest BCUT2D eigenvalue weighted by atomic mass is 19.1. The normalized spacial score (nSPS) is 14.9. The summed E-state index contributed by atoms with van der Waals surface area (Å²) in [5.74, 6) is 1.47. The van der Waals surface area contributed by atoms with E-state index in [-0.39, 0.29) is 24.3 Å². The van der Waals surface area contributed by atoms with Gasteiger partial charge < -0.3 is 19.3 Å². The summed E-state index contributed by atoms with van der Waals surface area (Å²) in [7, 11) is 1.54. The molecule has 0 radical (unpaired) electrons. The Kier molecular flexibility index (Phi) is 9.52. The van der Waals surface area contributed by atoms with Crippen LogP contribution in [0.5, 0.6) is 11.5 Å². The lowest BCUT2D eigenvalue weighted by Gasteiger charge is -2.28. The maximum absolute atomic E-state index is 14.9. The highest BCUT2D eigenvalue weighted by molar-refractivity contribution is 5.71. The number of esters is 1. The van der Waals surface area contributed by atoms with E-state index in [9.17, 15) is 14.3 Å². The van der Waals surface area contributed by atoms with E-state index >= 15 is 0 Å². The molecule has 2 unspecified atom stereocenters. The summed E-state index contributed by atoms with van der Waals surface area (Å²) in [5, 5.41) is 11.3. The van der Waals surface area contributed by atoms with Crippen LogP contribution in [0.25, 0.3) is 11.1 Å². The lowest BCUT2D eigenvalue weighted by Crippen LogP contribution is -2.19. The van der Waals surface area contributed by atoms with Gasteiger partial charge in [-0.3, -0.25) is 4.79 Å². The Balaban J connectivity index is 1.58. The molecule has 1 aliphatic carbocycles. The van der Waals surface area contributed by atoms with Crippen molar-refractivity contribution in [3.63, 3.8) is 0 Å². The van der Waals surface area contributed by atoms with Gasteiger partial charge in [-0.25, -0.2) is 4.39 Å². The first-order valence-corrected chi connectivity index (χ1v) is 14.1. The van der Waals surface area contributed by atoms with Crippen LogP contribution in [0.15, 0.2) is 60.7 Å². The lowest BCUT2D eigenvalue weighted by molar-refractivity contribution is -0.143. The summed E-state index contributed by atoms with van der Waals surface area (Å²) in [4.78, 5) is 12.3. The quantitative estimate of drug-likeness (QED) is 0.232. The highest BCUT2D eigenvalue weighted by Crippen LogP contribution is 2.42. The summed E-state index contributed by atoms with van der Waals surface area (Å²) < 4.78 is 31.7. The number of ether oxygens (including phenoxy) is 3. The molecule has 3 aromatic rings. The van der Waals surface area contributed by atoms with E-state index in [4.69, 9.17) is 14.2 Å². The fourth-order valence-corrected chi connectivity index (χ4v) is 5.02. The first-order valence-electron chi connectivity index (χ1n) is 14.1. The summed E-state index contributed by atoms with van der Waals surface area (Å²) in [5.41, 5.74) is 3.09. The zero-order valence-corrected chi connectivity index (χ0v) is 24.2. The predicted molar refractivity (Wildman–Crippen MR) is 155 cm³/mol. The maximum atomic E-state index is 14.9. The average Bonchev–Trinajstić information content (AvgIpc) is 3.75. The summed E-state index contributed by atoms with van der Waals surface area (Å²) in [6, 6.07) is 18.2. The van der Waals surface area contributed by atoms with Gasteiger partial charge >= 0.3 is 5.97 Å². The second-order valence-corrected chi connectivity index (χ2v) is 11.8. The van der Waals surface area contributed by atoms with Gasteiger partial charge in [-0.05, 0) is 89.2 Å². The van der Waals surface area contributed by atoms with Gasteiger partial charge in [0.05, 0.1) is 26.2 Å². The topological polar surface area (TPSA) is 65.0 Å². The van der Waals surface area contributed by atoms with Crippen molar-refractivity contribution in [1.82, 2.24) is 0 Å². The number of hydrogen-bond acceptors (Lipinski definition) is 5. The Morgan fingerprint density at radius 1 is 1.02 bits per heavy atom. The number of methoxy groups -OCH3 is 1. The highest BCUT2D eigenvalue weighted by Gasteiger charge is 2.29. The van der Waals surface area contributed by atoms with Gasteiger partial charge in [0.25, 0.3) is 0 Å². The first-order chi connectivity index (χ1) is 19.1. The molecule has 6 heteroatoms. The Bertz CT molecular complexity index is 1310. The first kappa shape index (κ1) is 29.6. The number of hydrogen-bond donors (Lipinski definition) is 1.